The monoisotopic (exact) mass is 278 g/mol. The predicted octanol–water partition coefficient (Wildman–Crippen LogP) is -0.721. The van der Waals surface area contributed by atoms with Gasteiger partial charge < -0.3 is 9.64 Å². The van der Waals surface area contributed by atoms with E-state index in [-0.39, 0.29) is 17.5 Å². The fourth-order valence-electron chi connectivity index (χ4n) is 1.70. The number of carbonyl (C=O) groups excluding carboxylic acids is 1. The molecule has 1 aliphatic heterocycles. The zero-order valence-electron chi connectivity index (χ0n) is 11.5. The first kappa shape index (κ1) is 15.4. The van der Waals surface area contributed by atoms with Crippen molar-refractivity contribution in [2.75, 3.05) is 37.7 Å². The van der Waals surface area contributed by atoms with Crippen LogP contribution in [-0.2, 0) is 19.4 Å². The lowest BCUT2D eigenvalue weighted by Gasteiger charge is -2.25. The van der Waals surface area contributed by atoms with Gasteiger partial charge in [0.2, 0.25) is 0 Å². The summed E-state index contributed by atoms with van der Waals surface area (Å²) in [5.74, 6) is 0.321. The van der Waals surface area contributed by atoms with E-state index in [1.807, 2.05) is 20.8 Å². The summed E-state index contributed by atoms with van der Waals surface area (Å²) in [5, 5.41) is 0. The van der Waals surface area contributed by atoms with Crippen molar-refractivity contribution in [3.63, 3.8) is 0 Å². The third-order valence-electron chi connectivity index (χ3n) is 3.66. The molecule has 1 aliphatic rings. The SMILES string of the molecule is CCC(C)(C)C(=O)OCC[NH+]1CCS(=O)(=O)CC1. The number of quaternary nitrogens is 1. The summed E-state index contributed by atoms with van der Waals surface area (Å²) in [7, 11) is -2.81. The van der Waals surface area contributed by atoms with Crippen LogP contribution in [0.3, 0.4) is 0 Å². The van der Waals surface area contributed by atoms with E-state index in [9.17, 15) is 13.2 Å². The van der Waals surface area contributed by atoms with E-state index in [4.69, 9.17) is 4.74 Å². The van der Waals surface area contributed by atoms with Crippen LogP contribution in [0.5, 0.6) is 0 Å². The number of sulfone groups is 1. The number of hydrogen-bond donors (Lipinski definition) is 1. The maximum atomic E-state index is 11.7. The van der Waals surface area contributed by atoms with Gasteiger partial charge in [-0.2, -0.15) is 0 Å². The molecule has 0 spiro atoms. The van der Waals surface area contributed by atoms with Gasteiger partial charge in [-0.1, -0.05) is 6.92 Å². The number of ether oxygens (including phenoxy) is 1. The van der Waals surface area contributed by atoms with Crippen LogP contribution in [0, 0.1) is 5.41 Å². The molecule has 0 amide bonds. The van der Waals surface area contributed by atoms with Crippen LogP contribution in [0.15, 0.2) is 0 Å². The fraction of sp³-hybridized carbons (Fsp3) is 0.917. The van der Waals surface area contributed by atoms with E-state index in [0.717, 1.165) is 6.42 Å². The van der Waals surface area contributed by atoms with Gasteiger partial charge in [0, 0.05) is 0 Å². The summed E-state index contributed by atoms with van der Waals surface area (Å²) in [6.07, 6.45) is 0.751. The minimum absolute atomic E-state index is 0.172. The molecule has 0 atom stereocenters. The Kier molecular flexibility index (Phi) is 5.16. The van der Waals surface area contributed by atoms with E-state index in [0.29, 0.717) is 26.2 Å². The summed E-state index contributed by atoms with van der Waals surface area (Å²) < 4.78 is 27.7. The molecule has 6 heteroatoms. The van der Waals surface area contributed by atoms with Gasteiger partial charge in [-0.15, -0.1) is 0 Å². The molecule has 0 saturated carbocycles. The van der Waals surface area contributed by atoms with Crippen LogP contribution < -0.4 is 4.90 Å². The number of rotatable bonds is 5. The Morgan fingerprint density at radius 1 is 1.28 bits per heavy atom. The van der Waals surface area contributed by atoms with Crippen molar-refractivity contribution in [1.29, 1.82) is 0 Å². The Morgan fingerprint density at radius 3 is 2.33 bits per heavy atom. The van der Waals surface area contributed by atoms with E-state index in [2.05, 4.69) is 0 Å². The standard InChI is InChI=1S/C12H23NO4S/c1-4-12(2,3)11(14)17-8-5-13-6-9-18(15,16)10-7-13/h4-10H2,1-3H3/p+1. The van der Waals surface area contributed by atoms with Gasteiger partial charge >= 0.3 is 5.97 Å². The van der Waals surface area contributed by atoms with Gasteiger partial charge in [0.1, 0.15) is 13.2 Å². The number of carbonyl (C=O) groups is 1. The molecule has 18 heavy (non-hydrogen) atoms. The van der Waals surface area contributed by atoms with Crippen LogP contribution in [0.25, 0.3) is 0 Å². The van der Waals surface area contributed by atoms with Gasteiger partial charge in [0.25, 0.3) is 0 Å². The molecule has 0 aromatic carbocycles. The normalized spacial score (nSPS) is 20.6. The lowest BCUT2D eigenvalue weighted by molar-refractivity contribution is -0.896. The second kappa shape index (κ2) is 6.02. The van der Waals surface area contributed by atoms with Crippen molar-refractivity contribution >= 4 is 15.8 Å². The average Bonchev–Trinajstić information content (AvgIpc) is 2.31. The largest absolute Gasteiger partial charge is 0.459 e. The summed E-state index contributed by atoms with van der Waals surface area (Å²) >= 11 is 0. The molecule has 0 aliphatic carbocycles. The lowest BCUT2D eigenvalue weighted by Crippen LogP contribution is -3.14. The zero-order valence-corrected chi connectivity index (χ0v) is 12.3. The Balaban J connectivity index is 2.25. The second-order valence-corrected chi connectivity index (χ2v) is 7.83. The molecule has 1 heterocycles. The second-order valence-electron chi connectivity index (χ2n) is 5.53. The maximum absolute atomic E-state index is 11.7. The van der Waals surface area contributed by atoms with Gasteiger partial charge in [0.05, 0.1) is 30.0 Å². The first-order valence-electron chi connectivity index (χ1n) is 6.48. The first-order chi connectivity index (χ1) is 8.27. The third kappa shape index (κ3) is 4.57. The Hall–Kier alpha value is -0.620. The Morgan fingerprint density at radius 2 is 1.83 bits per heavy atom. The minimum atomic E-state index is -2.81. The summed E-state index contributed by atoms with van der Waals surface area (Å²) in [6, 6.07) is 0. The molecule has 106 valence electrons. The third-order valence-corrected chi connectivity index (χ3v) is 5.31. The maximum Gasteiger partial charge on any atom is 0.311 e. The Bertz CT molecular complexity index is 375. The first-order valence-corrected chi connectivity index (χ1v) is 8.30. The molecule has 0 bridgehead atoms. The highest BCUT2D eigenvalue weighted by molar-refractivity contribution is 7.91. The molecule has 0 unspecified atom stereocenters. The van der Waals surface area contributed by atoms with Crippen molar-refractivity contribution in [2.24, 2.45) is 5.41 Å². The van der Waals surface area contributed by atoms with Gasteiger partial charge in [-0.25, -0.2) is 8.42 Å². The van der Waals surface area contributed by atoms with Gasteiger partial charge in [-0.3, -0.25) is 4.79 Å². The molecule has 1 N–H and O–H groups in total. The zero-order chi connectivity index (χ0) is 13.8. The van der Waals surface area contributed by atoms with Crippen LogP contribution in [0.4, 0.5) is 0 Å². The van der Waals surface area contributed by atoms with Crippen LogP contribution in [0.1, 0.15) is 27.2 Å². The molecule has 1 saturated heterocycles. The molecular formula is C12H24NO4S+. The highest BCUT2D eigenvalue weighted by atomic mass is 32.2. The quantitative estimate of drug-likeness (QED) is 0.674. The molecule has 0 radical (unpaired) electrons. The Labute approximate surface area is 109 Å². The predicted molar refractivity (Wildman–Crippen MR) is 69.2 cm³/mol. The fourth-order valence-corrected chi connectivity index (χ4v) is 3.11. The van der Waals surface area contributed by atoms with Crippen molar-refractivity contribution in [2.45, 2.75) is 27.2 Å². The number of nitrogens with one attached hydrogen (secondary N) is 1. The van der Waals surface area contributed by atoms with Crippen LogP contribution in [-0.4, -0.2) is 52.1 Å². The van der Waals surface area contributed by atoms with E-state index in [1.165, 1.54) is 4.90 Å². The summed E-state index contributed by atoms with van der Waals surface area (Å²) in [4.78, 5) is 12.9. The molecule has 1 rings (SSSR count). The smallest absolute Gasteiger partial charge is 0.311 e. The topological polar surface area (TPSA) is 64.9 Å². The molecule has 0 aromatic heterocycles. The highest BCUT2D eigenvalue weighted by Gasteiger charge is 2.28. The minimum Gasteiger partial charge on any atom is -0.459 e. The lowest BCUT2D eigenvalue weighted by atomic mass is 9.91. The summed E-state index contributed by atoms with van der Waals surface area (Å²) in [5.41, 5.74) is -0.430. The van der Waals surface area contributed by atoms with Gasteiger partial charge in [-0.05, 0) is 20.3 Å². The van der Waals surface area contributed by atoms with Crippen LogP contribution in [0.2, 0.25) is 0 Å². The van der Waals surface area contributed by atoms with Gasteiger partial charge in [0.15, 0.2) is 9.84 Å². The van der Waals surface area contributed by atoms with E-state index >= 15 is 0 Å². The highest BCUT2D eigenvalue weighted by Crippen LogP contribution is 2.20. The van der Waals surface area contributed by atoms with Crippen molar-refractivity contribution in [1.82, 2.24) is 0 Å². The number of esters is 1. The molecular weight excluding hydrogens is 254 g/mol. The average molecular weight is 278 g/mol. The van der Waals surface area contributed by atoms with Crippen molar-refractivity contribution < 1.29 is 22.8 Å². The van der Waals surface area contributed by atoms with Crippen LogP contribution >= 0.6 is 0 Å². The molecule has 1 fully saturated rings. The molecule has 0 aromatic rings. The van der Waals surface area contributed by atoms with E-state index < -0.39 is 15.3 Å². The summed E-state index contributed by atoms with van der Waals surface area (Å²) in [6.45, 7) is 8.01. The molecule has 5 nitrogen and oxygen atoms in total. The van der Waals surface area contributed by atoms with Crippen molar-refractivity contribution in [3.8, 4) is 0 Å². The van der Waals surface area contributed by atoms with E-state index in [1.54, 1.807) is 0 Å². The van der Waals surface area contributed by atoms with Crippen molar-refractivity contribution in [3.05, 3.63) is 0 Å². The number of hydrogen-bond acceptors (Lipinski definition) is 4.